The molecular weight excluding hydrogens is 552 g/mol. The van der Waals surface area contributed by atoms with Crippen LogP contribution in [0.4, 0.5) is 0 Å². The number of pyridine rings is 1. The Balaban J connectivity index is 1.54. The third kappa shape index (κ3) is 8.70. The van der Waals surface area contributed by atoms with Crippen LogP contribution in [0.2, 0.25) is 0 Å². The number of cyclic esters (lactones) is 1. The molecule has 228 valence electrons. The van der Waals surface area contributed by atoms with Crippen LogP contribution in [0.1, 0.15) is 54.7 Å². The standard InChI is InChI=1S/C33H38N2O8/c1-21-13-15-24(16-14-21)19-25-9-8-12-27(33(38)42-22(2)30(25)43-26-10-6-5-7-11-26)35-32(37)29-31(41-20-40-23(3)36)28(39-4)17-18-34-29/h5-7,10-11,13-18,22,25,27,30H,8-9,12,19-20H2,1-4H3,(H,35,37). The van der Waals surface area contributed by atoms with Crippen molar-refractivity contribution in [3.63, 3.8) is 0 Å². The number of aromatic nitrogens is 1. The molecule has 10 heteroatoms. The van der Waals surface area contributed by atoms with E-state index in [1.165, 1.54) is 37.4 Å². The number of carbonyl (C=O) groups is 3. The van der Waals surface area contributed by atoms with Crippen LogP contribution in [0.15, 0.2) is 66.9 Å². The Kier molecular flexibility index (Phi) is 11.0. The van der Waals surface area contributed by atoms with Crippen LogP contribution in [0.3, 0.4) is 0 Å². The Morgan fingerprint density at radius 3 is 2.49 bits per heavy atom. The number of methoxy groups -OCH3 is 1. The molecule has 43 heavy (non-hydrogen) atoms. The van der Waals surface area contributed by atoms with E-state index in [4.69, 9.17) is 23.7 Å². The van der Waals surface area contributed by atoms with Crippen molar-refractivity contribution in [3.05, 3.63) is 83.7 Å². The molecule has 1 aliphatic heterocycles. The Morgan fingerprint density at radius 1 is 1.05 bits per heavy atom. The molecule has 0 spiro atoms. The summed E-state index contributed by atoms with van der Waals surface area (Å²) in [7, 11) is 1.41. The summed E-state index contributed by atoms with van der Waals surface area (Å²) >= 11 is 0. The van der Waals surface area contributed by atoms with Crippen molar-refractivity contribution in [2.75, 3.05) is 13.9 Å². The minimum atomic E-state index is -0.931. The van der Waals surface area contributed by atoms with E-state index in [9.17, 15) is 14.4 Å². The van der Waals surface area contributed by atoms with Crippen molar-refractivity contribution in [1.29, 1.82) is 0 Å². The van der Waals surface area contributed by atoms with Crippen molar-refractivity contribution in [3.8, 4) is 17.2 Å². The maximum Gasteiger partial charge on any atom is 0.329 e. The maximum absolute atomic E-state index is 13.4. The molecule has 1 amide bonds. The maximum atomic E-state index is 13.4. The van der Waals surface area contributed by atoms with E-state index in [-0.39, 0.29) is 23.1 Å². The minimum absolute atomic E-state index is 0.0111. The van der Waals surface area contributed by atoms with Crippen molar-refractivity contribution in [1.82, 2.24) is 10.3 Å². The summed E-state index contributed by atoms with van der Waals surface area (Å²) in [6, 6.07) is 18.5. The van der Waals surface area contributed by atoms with E-state index in [1.807, 2.05) is 37.3 Å². The molecule has 0 aliphatic carbocycles. The van der Waals surface area contributed by atoms with Gasteiger partial charge in [0.15, 0.2) is 17.2 Å². The smallest absolute Gasteiger partial charge is 0.329 e. The lowest BCUT2D eigenvalue weighted by Crippen LogP contribution is -2.45. The fourth-order valence-electron chi connectivity index (χ4n) is 5.10. The second-order valence-electron chi connectivity index (χ2n) is 10.5. The number of hydrogen-bond donors (Lipinski definition) is 1. The molecule has 0 bridgehead atoms. The Morgan fingerprint density at radius 2 is 1.79 bits per heavy atom. The number of rotatable bonds is 10. The van der Waals surface area contributed by atoms with Crippen molar-refractivity contribution < 1.29 is 38.1 Å². The largest absolute Gasteiger partial charge is 0.493 e. The van der Waals surface area contributed by atoms with E-state index >= 15 is 0 Å². The zero-order valence-corrected chi connectivity index (χ0v) is 24.9. The summed E-state index contributed by atoms with van der Waals surface area (Å²) in [6.07, 6.45) is 2.85. The number of carbonyl (C=O) groups excluding carboxylic acids is 3. The highest BCUT2D eigenvalue weighted by Crippen LogP contribution is 2.31. The number of nitrogens with zero attached hydrogens (tertiary/aromatic N) is 1. The first-order chi connectivity index (χ1) is 20.7. The summed E-state index contributed by atoms with van der Waals surface area (Å²) in [5.74, 6) is -0.824. The summed E-state index contributed by atoms with van der Waals surface area (Å²) in [5, 5.41) is 2.77. The van der Waals surface area contributed by atoms with Crippen LogP contribution in [-0.2, 0) is 25.5 Å². The highest BCUT2D eigenvalue weighted by molar-refractivity contribution is 5.98. The molecule has 1 N–H and O–H groups in total. The molecule has 2 heterocycles. The average Bonchev–Trinajstić information content (AvgIpc) is 3.04. The van der Waals surface area contributed by atoms with Crippen molar-refractivity contribution in [2.45, 2.75) is 64.7 Å². The van der Waals surface area contributed by atoms with Gasteiger partial charge in [0.25, 0.3) is 5.91 Å². The van der Waals surface area contributed by atoms with Gasteiger partial charge in [0.05, 0.1) is 7.11 Å². The molecule has 0 radical (unpaired) electrons. The lowest BCUT2D eigenvalue weighted by molar-refractivity contribution is -0.156. The highest BCUT2D eigenvalue weighted by atomic mass is 16.7. The SMILES string of the molecule is COc1ccnc(C(=O)NC2CCCC(Cc3ccc(C)cc3)C(Oc3ccccc3)C(C)OC2=O)c1OCOC(C)=O. The molecule has 1 aromatic heterocycles. The molecule has 4 rings (SSSR count). The summed E-state index contributed by atoms with van der Waals surface area (Å²) < 4.78 is 28.1. The van der Waals surface area contributed by atoms with Crippen LogP contribution < -0.4 is 19.5 Å². The zero-order valence-electron chi connectivity index (χ0n) is 24.9. The highest BCUT2D eigenvalue weighted by Gasteiger charge is 2.36. The van der Waals surface area contributed by atoms with Gasteiger partial charge in [-0.15, -0.1) is 0 Å². The molecular formula is C33H38N2O8. The first kappa shape index (κ1) is 31.3. The van der Waals surface area contributed by atoms with Gasteiger partial charge in [0.2, 0.25) is 6.79 Å². The van der Waals surface area contributed by atoms with Crippen LogP contribution in [-0.4, -0.2) is 55.0 Å². The fourth-order valence-corrected chi connectivity index (χ4v) is 5.10. The van der Waals surface area contributed by atoms with Crippen LogP contribution in [0.25, 0.3) is 0 Å². The van der Waals surface area contributed by atoms with E-state index in [1.54, 1.807) is 0 Å². The van der Waals surface area contributed by atoms with Gasteiger partial charge in [-0.3, -0.25) is 9.59 Å². The van der Waals surface area contributed by atoms with Gasteiger partial charge in [-0.1, -0.05) is 54.4 Å². The summed E-state index contributed by atoms with van der Waals surface area (Å²) in [6.45, 7) is 4.67. The Bertz CT molecular complexity index is 1380. The van der Waals surface area contributed by atoms with Crippen LogP contribution in [0, 0.1) is 12.8 Å². The van der Waals surface area contributed by atoms with Gasteiger partial charge in [-0.25, -0.2) is 9.78 Å². The Hall–Kier alpha value is -4.60. The predicted molar refractivity (Wildman–Crippen MR) is 158 cm³/mol. The minimum Gasteiger partial charge on any atom is -0.493 e. The zero-order chi connectivity index (χ0) is 30.8. The second-order valence-corrected chi connectivity index (χ2v) is 10.5. The lowest BCUT2D eigenvalue weighted by atomic mass is 9.86. The van der Waals surface area contributed by atoms with Gasteiger partial charge < -0.3 is 29.0 Å². The van der Waals surface area contributed by atoms with Gasteiger partial charge in [-0.2, -0.15) is 0 Å². The number of para-hydroxylation sites is 1. The van der Waals surface area contributed by atoms with Crippen LogP contribution >= 0.6 is 0 Å². The molecule has 0 saturated carbocycles. The molecule has 1 fully saturated rings. The molecule has 4 unspecified atom stereocenters. The first-order valence-electron chi connectivity index (χ1n) is 14.3. The quantitative estimate of drug-likeness (QED) is 0.262. The third-order valence-corrected chi connectivity index (χ3v) is 7.29. The van der Waals surface area contributed by atoms with E-state index in [2.05, 4.69) is 41.5 Å². The van der Waals surface area contributed by atoms with Crippen molar-refractivity contribution >= 4 is 17.8 Å². The molecule has 10 nitrogen and oxygen atoms in total. The molecule has 4 atom stereocenters. The Labute approximate surface area is 251 Å². The topological polar surface area (TPSA) is 122 Å². The number of esters is 2. The molecule has 1 aliphatic rings. The van der Waals surface area contributed by atoms with E-state index in [0.717, 1.165) is 12.8 Å². The number of amides is 1. The fraction of sp³-hybridized carbons (Fsp3) is 0.394. The normalized spacial score (nSPS) is 20.4. The van der Waals surface area contributed by atoms with E-state index < -0.39 is 42.9 Å². The third-order valence-electron chi connectivity index (χ3n) is 7.29. The monoisotopic (exact) mass is 590 g/mol. The number of hydrogen-bond acceptors (Lipinski definition) is 9. The summed E-state index contributed by atoms with van der Waals surface area (Å²) in [4.78, 5) is 42.2. The van der Waals surface area contributed by atoms with Gasteiger partial charge in [-0.05, 0) is 50.8 Å². The summed E-state index contributed by atoms with van der Waals surface area (Å²) in [5.41, 5.74) is 2.24. The average molecular weight is 591 g/mol. The number of aryl methyl sites for hydroxylation is 1. The molecule has 1 saturated heterocycles. The second kappa shape index (κ2) is 15.0. The first-order valence-corrected chi connectivity index (χ1v) is 14.3. The number of benzene rings is 2. The predicted octanol–water partition coefficient (Wildman–Crippen LogP) is 4.82. The molecule has 2 aromatic carbocycles. The number of ether oxygens (including phenoxy) is 5. The molecule has 3 aromatic rings. The lowest BCUT2D eigenvalue weighted by Gasteiger charge is -2.32. The van der Waals surface area contributed by atoms with Gasteiger partial charge in [0, 0.05) is 25.1 Å². The van der Waals surface area contributed by atoms with Gasteiger partial charge in [0.1, 0.15) is 24.0 Å². The van der Waals surface area contributed by atoms with Crippen LogP contribution in [0.5, 0.6) is 17.2 Å². The van der Waals surface area contributed by atoms with E-state index in [0.29, 0.717) is 18.6 Å². The van der Waals surface area contributed by atoms with Crippen molar-refractivity contribution in [2.24, 2.45) is 5.92 Å². The van der Waals surface area contributed by atoms with Gasteiger partial charge >= 0.3 is 11.9 Å². The number of nitrogens with one attached hydrogen (secondary N) is 1.